The number of carbonyl (C=O) groups excluding carboxylic acids is 1. The molecule has 1 aromatic heterocycles. The highest BCUT2D eigenvalue weighted by atomic mass is 79.9. The van der Waals surface area contributed by atoms with Crippen molar-refractivity contribution in [2.75, 3.05) is 5.32 Å². The lowest BCUT2D eigenvalue weighted by molar-refractivity contribution is 0.102. The first kappa shape index (κ1) is 12.9. The second-order valence-electron chi connectivity index (χ2n) is 4.67. The van der Waals surface area contributed by atoms with Gasteiger partial charge in [0.05, 0.1) is 5.56 Å². The number of fused-ring (bicyclic) bond motifs is 1. The Morgan fingerprint density at radius 2 is 2.05 bits per heavy atom. The Kier molecular flexibility index (Phi) is 3.32. The predicted octanol–water partition coefficient (Wildman–Crippen LogP) is 4.49. The van der Waals surface area contributed by atoms with Crippen LogP contribution in [0.3, 0.4) is 0 Å². The average molecular weight is 329 g/mol. The average Bonchev–Trinajstić information content (AvgIpc) is 2.89. The van der Waals surface area contributed by atoms with Crippen molar-refractivity contribution < 1.29 is 4.79 Å². The van der Waals surface area contributed by atoms with Gasteiger partial charge >= 0.3 is 0 Å². The molecule has 0 aliphatic rings. The summed E-state index contributed by atoms with van der Waals surface area (Å²) < 4.78 is 0.834. The molecule has 0 radical (unpaired) electrons. The highest BCUT2D eigenvalue weighted by molar-refractivity contribution is 9.10. The number of aromatic nitrogens is 1. The number of aryl methyl sites for hydroxylation is 1. The zero-order valence-electron chi connectivity index (χ0n) is 10.9. The Bertz CT molecular complexity index is 792. The van der Waals surface area contributed by atoms with Gasteiger partial charge in [-0.05, 0) is 58.7 Å². The van der Waals surface area contributed by atoms with Crippen molar-refractivity contribution in [2.24, 2.45) is 0 Å². The number of H-pyrrole nitrogens is 1. The van der Waals surface area contributed by atoms with Crippen molar-refractivity contribution in [3.63, 3.8) is 0 Å². The van der Waals surface area contributed by atoms with Crippen LogP contribution in [0.2, 0.25) is 0 Å². The molecule has 0 aliphatic carbocycles. The third-order valence-corrected chi connectivity index (χ3v) is 4.30. The fourth-order valence-electron chi connectivity index (χ4n) is 2.15. The van der Waals surface area contributed by atoms with Crippen molar-refractivity contribution in [3.05, 3.63) is 64.3 Å². The number of nitrogens with one attached hydrogen (secondary N) is 2. The van der Waals surface area contributed by atoms with Gasteiger partial charge in [-0.2, -0.15) is 0 Å². The largest absolute Gasteiger partial charge is 0.361 e. The summed E-state index contributed by atoms with van der Waals surface area (Å²) in [6.07, 6.45) is 1.88. The van der Waals surface area contributed by atoms with Crippen LogP contribution in [0.25, 0.3) is 10.9 Å². The minimum absolute atomic E-state index is 0.115. The number of hydrogen-bond acceptors (Lipinski definition) is 1. The van der Waals surface area contributed by atoms with Gasteiger partial charge in [0, 0.05) is 27.3 Å². The second kappa shape index (κ2) is 5.13. The number of aromatic amines is 1. The molecular weight excluding hydrogens is 316 g/mol. The van der Waals surface area contributed by atoms with E-state index >= 15 is 0 Å². The van der Waals surface area contributed by atoms with Gasteiger partial charge in [0.15, 0.2) is 0 Å². The van der Waals surface area contributed by atoms with E-state index in [1.807, 2.05) is 49.5 Å². The van der Waals surface area contributed by atoms with Crippen LogP contribution in [-0.2, 0) is 0 Å². The van der Waals surface area contributed by atoms with Crippen LogP contribution < -0.4 is 5.32 Å². The first-order valence-electron chi connectivity index (χ1n) is 6.29. The third kappa shape index (κ3) is 2.34. The van der Waals surface area contributed by atoms with Crippen molar-refractivity contribution in [2.45, 2.75) is 6.92 Å². The molecular formula is C16H13BrN2O. The number of benzene rings is 2. The molecule has 0 saturated heterocycles. The van der Waals surface area contributed by atoms with Gasteiger partial charge < -0.3 is 10.3 Å². The molecule has 20 heavy (non-hydrogen) atoms. The van der Waals surface area contributed by atoms with Gasteiger partial charge in [-0.25, -0.2) is 0 Å². The first-order chi connectivity index (χ1) is 9.65. The Morgan fingerprint density at radius 1 is 1.20 bits per heavy atom. The molecule has 2 N–H and O–H groups in total. The van der Waals surface area contributed by atoms with Gasteiger partial charge in [0.2, 0.25) is 0 Å². The first-order valence-corrected chi connectivity index (χ1v) is 7.08. The molecule has 0 bridgehead atoms. The van der Waals surface area contributed by atoms with Crippen molar-refractivity contribution in [3.8, 4) is 0 Å². The summed E-state index contributed by atoms with van der Waals surface area (Å²) in [5, 5.41) is 4.00. The molecule has 0 atom stereocenters. The van der Waals surface area contributed by atoms with Crippen LogP contribution in [0, 0.1) is 6.92 Å². The maximum absolute atomic E-state index is 12.3. The number of rotatable bonds is 2. The molecule has 4 heteroatoms. The van der Waals surface area contributed by atoms with Crippen LogP contribution in [0.15, 0.2) is 53.1 Å². The summed E-state index contributed by atoms with van der Waals surface area (Å²) in [6, 6.07) is 13.4. The van der Waals surface area contributed by atoms with Gasteiger partial charge in [-0.3, -0.25) is 4.79 Å². The van der Waals surface area contributed by atoms with E-state index in [1.165, 1.54) is 0 Å². The van der Waals surface area contributed by atoms with Crippen LogP contribution in [0.5, 0.6) is 0 Å². The standard InChI is InChI=1S/C16H13BrN2O/c1-10-3-2-4-13(15(10)17)16(20)19-12-5-6-14-11(9-12)7-8-18-14/h2-9,18H,1H3,(H,19,20). The molecule has 1 heterocycles. The second-order valence-corrected chi connectivity index (χ2v) is 5.46. The monoisotopic (exact) mass is 328 g/mol. The Hall–Kier alpha value is -2.07. The molecule has 0 spiro atoms. The lowest BCUT2D eigenvalue weighted by atomic mass is 10.1. The van der Waals surface area contributed by atoms with Crippen LogP contribution in [0.4, 0.5) is 5.69 Å². The van der Waals surface area contributed by atoms with E-state index in [-0.39, 0.29) is 5.91 Å². The SMILES string of the molecule is Cc1cccc(C(=O)Nc2ccc3[nH]ccc3c2)c1Br. The van der Waals surface area contributed by atoms with Crippen LogP contribution in [0.1, 0.15) is 15.9 Å². The molecule has 3 rings (SSSR count). The maximum atomic E-state index is 12.3. The van der Waals surface area contributed by atoms with E-state index in [0.29, 0.717) is 5.56 Å². The molecule has 100 valence electrons. The topological polar surface area (TPSA) is 44.9 Å². The van der Waals surface area contributed by atoms with Crippen molar-refractivity contribution in [1.29, 1.82) is 0 Å². The fourth-order valence-corrected chi connectivity index (χ4v) is 2.60. The van der Waals surface area contributed by atoms with Gasteiger partial charge in [-0.1, -0.05) is 12.1 Å². The lowest BCUT2D eigenvalue weighted by Crippen LogP contribution is -2.12. The van der Waals surface area contributed by atoms with E-state index in [9.17, 15) is 4.79 Å². The van der Waals surface area contributed by atoms with E-state index < -0.39 is 0 Å². The molecule has 0 fully saturated rings. The lowest BCUT2D eigenvalue weighted by Gasteiger charge is -2.08. The van der Waals surface area contributed by atoms with Crippen LogP contribution >= 0.6 is 15.9 Å². The molecule has 0 aliphatic heterocycles. The molecule has 3 aromatic rings. The van der Waals surface area contributed by atoms with Gasteiger partial charge in [0.25, 0.3) is 5.91 Å². The highest BCUT2D eigenvalue weighted by Gasteiger charge is 2.11. The highest BCUT2D eigenvalue weighted by Crippen LogP contribution is 2.23. The smallest absolute Gasteiger partial charge is 0.256 e. The van der Waals surface area contributed by atoms with Gasteiger partial charge in [-0.15, -0.1) is 0 Å². The summed E-state index contributed by atoms with van der Waals surface area (Å²) in [5.74, 6) is -0.115. The summed E-state index contributed by atoms with van der Waals surface area (Å²) in [4.78, 5) is 15.4. The molecule has 0 saturated carbocycles. The van der Waals surface area contributed by atoms with Gasteiger partial charge in [0.1, 0.15) is 0 Å². The summed E-state index contributed by atoms with van der Waals surface area (Å²) in [5.41, 5.74) is 3.52. The molecule has 2 aromatic carbocycles. The number of carbonyl (C=O) groups is 1. The van der Waals surface area contributed by atoms with E-state index in [1.54, 1.807) is 6.07 Å². The Labute approximate surface area is 125 Å². The summed E-state index contributed by atoms with van der Waals surface area (Å²) >= 11 is 3.46. The zero-order valence-corrected chi connectivity index (χ0v) is 12.5. The molecule has 0 unspecified atom stereocenters. The zero-order chi connectivity index (χ0) is 14.1. The van der Waals surface area contributed by atoms with E-state index in [2.05, 4.69) is 26.2 Å². The fraction of sp³-hybridized carbons (Fsp3) is 0.0625. The maximum Gasteiger partial charge on any atom is 0.256 e. The van der Waals surface area contributed by atoms with E-state index in [4.69, 9.17) is 0 Å². The minimum atomic E-state index is -0.115. The third-order valence-electron chi connectivity index (χ3n) is 3.25. The molecule has 3 nitrogen and oxygen atoms in total. The van der Waals surface area contributed by atoms with Crippen molar-refractivity contribution >= 4 is 38.4 Å². The van der Waals surface area contributed by atoms with E-state index in [0.717, 1.165) is 26.6 Å². The predicted molar refractivity (Wildman–Crippen MR) is 85.1 cm³/mol. The minimum Gasteiger partial charge on any atom is -0.361 e. The van der Waals surface area contributed by atoms with Crippen molar-refractivity contribution in [1.82, 2.24) is 4.98 Å². The number of amides is 1. The number of anilines is 1. The summed E-state index contributed by atoms with van der Waals surface area (Å²) in [6.45, 7) is 1.97. The Morgan fingerprint density at radius 3 is 2.90 bits per heavy atom. The quantitative estimate of drug-likeness (QED) is 0.715. The number of hydrogen-bond donors (Lipinski definition) is 2. The summed E-state index contributed by atoms with van der Waals surface area (Å²) in [7, 11) is 0. The molecule has 1 amide bonds. The number of halogens is 1. The normalized spacial score (nSPS) is 10.7. The Balaban J connectivity index is 1.90. The van der Waals surface area contributed by atoms with Crippen LogP contribution in [-0.4, -0.2) is 10.9 Å².